The summed E-state index contributed by atoms with van der Waals surface area (Å²) in [5.74, 6) is -0.831. The number of carbonyl (C=O) groups is 2. The molecular weight excluding hydrogens is 506 g/mol. The van der Waals surface area contributed by atoms with Crippen molar-refractivity contribution in [1.29, 1.82) is 0 Å². The zero-order chi connectivity index (χ0) is 28.0. The van der Waals surface area contributed by atoms with Gasteiger partial charge in [0, 0.05) is 26.0 Å². The second kappa shape index (κ2) is 16.4. The fourth-order valence-corrected chi connectivity index (χ4v) is 4.98. The van der Waals surface area contributed by atoms with Crippen LogP contribution in [0.3, 0.4) is 0 Å². The molecule has 9 nitrogen and oxygen atoms in total. The molecule has 0 bridgehead atoms. The number of allylic oxidation sites excluding steroid dienone is 1. The Hall–Kier alpha value is -2.53. The molecular formula is C28H43N3O6S. The number of nitrogens with one attached hydrogen (secondary N) is 1. The summed E-state index contributed by atoms with van der Waals surface area (Å²) in [6.07, 6.45) is 9.97. The van der Waals surface area contributed by atoms with E-state index in [0.717, 1.165) is 34.1 Å². The number of benzene rings is 1. The van der Waals surface area contributed by atoms with Crippen molar-refractivity contribution < 1.29 is 27.6 Å². The van der Waals surface area contributed by atoms with E-state index in [2.05, 4.69) is 12.1 Å². The van der Waals surface area contributed by atoms with E-state index in [1.165, 1.54) is 0 Å². The maximum absolute atomic E-state index is 13.6. The van der Waals surface area contributed by atoms with Gasteiger partial charge in [0.05, 0.1) is 6.26 Å². The Kier molecular flexibility index (Phi) is 13.7. The molecule has 1 fully saturated rings. The lowest BCUT2D eigenvalue weighted by Gasteiger charge is -2.38. The van der Waals surface area contributed by atoms with Crippen LogP contribution in [0.1, 0.15) is 70.8 Å². The third kappa shape index (κ3) is 11.1. The van der Waals surface area contributed by atoms with E-state index in [-0.39, 0.29) is 25.3 Å². The van der Waals surface area contributed by atoms with Gasteiger partial charge >= 0.3 is 0 Å². The predicted molar refractivity (Wildman–Crippen MR) is 149 cm³/mol. The molecule has 1 aromatic carbocycles. The van der Waals surface area contributed by atoms with Crippen LogP contribution in [0.5, 0.6) is 0 Å². The smallest absolute Gasteiger partial charge is 0.268 e. The summed E-state index contributed by atoms with van der Waals surface area (Å²) in [6, 6.07) is 8.37. The van der Waals surface area contributed by atoms with Crippen LogP contribution >= 0.6 is 0 Å². The monoisotopic (exact) mass is 549 g/mol. The second-order valence-electron chi connectivity index (χ2n) is 9.86. The molecule has 1 aromatic rings. The maximum atomic E-state index is 13.6. The Morgan fingerprint density at radius 1 is 1.24 bits per heavy atom. The van der Waals surface area contributed by atoms with Crippen molar-refractivity contribution in [3.63, 3.8) is 0 Å². The number of hydrogen-bond acceptors (Lipinski definition) is 6. The van der Waals surface area contributed by atoms with E-state index in [0.29, 0.717) is 32.3 Å². The Bertz CT molecular complexity index is 1010. The topological polar surface area (TPSA) is 105 Å². The van der Waals surface area contributed by atoms with Crippen LogP contribution in [0, 0.1) is 5.92 Å². The van der Waals surface area contributed by atoms with Crippen molar-refractivity contribution in [2.24, 2.45) is 5.92 Å². The Labute approximate surface area is 227 Å². The first kappa shape index (κ1) is 31.7. The molecule has 1 unspecified atom stereocenters. The summed E-state index contributed by atoms with van der Waals surface area (Å²) in [7, 11) is -3.88. The van der Waals surface area contributed by atoms with Crippen LogP contribution < -0.4 is 5.48 Å². The summed E-state index contributed by atoms with van der Waals surface area (Å²) >= 11 is 0. The van der Waals surface area contributed by atoms with Crippen molar-refractivity contribution in [1.82, 2.24) is 14.9 Å². The van der Waals surface area contributed by atoms with Crippen molar-refractivity contribution in [3.8, 4) is 0 Å². The van der Waals surface area contributed by atoms with Crippen LogP contribution in [0.4, 0.5) is 0 Å². The van der Waals surface area contributed by atoms with Crippen LogP contribution in [-0.4, -0.2) is 61.4 Å². The Balaban J connectivity index is 2.40. The van der Waals surface area contributed by atoms with Gasteiger partial charge in [-0.1, -0.05) is 62.4 Å². The maximum Gasteiger partial charge on any atom is 0.268 e. The average molecular weight is 550 g/mol. The molecule has 0 saturated carbocycles. The predicted octanol–water partition coefficient (Wildman–Crippen LogP) is 4.44. The highest BCUT2D eigenvalue weighted by Crippen LogP contribution is 2.20. The SMILES string of the molecule is C=CCCCN(N(C(=O)CCC(C)C)C(CC=Cc1ccccc1)C(=O)NO[C@H]1CCCCO1)S(C)(=O)=O. The number of rotatable bonds is 16. The van der Waals surface area contributed by atoms with Gasteiger partial charge in [-0.05, 0) is 50.0 Å². The van der Waals surface area contributed by atoms with Crippen molar-refractivity contribution >= 4 is 27.9 Å². The minimum atomic E-state index is -3.88. The van der Waals surface area contributed by atoms with Gasteiger partial charge in [-0.15, -0.1) is 11.0 Å². The fourth-order valence-electron chi connectivity index (χ4n) is 4.00. The number of hydroxylamine groups is 1. The van der Waals surface area contributed by atoms with E-state index in [9.17, 15) is 18.0 Å². The summed E-state index contributed by atoms with van der Waals surface area (Å²) < 4.78 is 32.4. The number of hydrazine groups is 1. The number of amides is 2. The molecule has 0 aliphatic carbocycles. The molecule has 0 aromatic heterocycles. The van der Waals surface area contributed by atoms with E-state index in [4.69, 9.17) is 9.57 Å². The van der Waals surface area contributed by atoms with E-state index >= 15 is 0 Å². The van der Waals surface area contributed by atoms with Crippen LogP contribution in [0.2, 0.25) is 0 Å². The normalized spacial score (nSPS) is 17.0. The van der Waals surface area contributed by atoms with Gasteiger partial charge in [0.1, 0.15) is 6.04 Å². The standard InChI is InChI=1S/C28H43N3O6S/c1-5-6-11-21-30(38(4,34)35)31(26(32)20-19-23(2)3)25(17-13-16-24-14-8-7-9-15-24)28(33)29-37-27-18-10-12-22-36-27/h5,7-9,13-16,23,25,27H,1,6,10-12,17-22H2,2-4H3,(H,29,33)/t25?,27-/m0/s1. The van der Waals surface area contributed by atoms with Crippen molar-refractivity contribution in [2.75, 3.05) is 19.4 Å². The number of hydrogen-bond donors (Lipinski definition) is 1. The molecule has 1 heterocycles. The molecule has 0 radical (unpaired) electrons. The minimum Gasteiger partial charge on any atom is -0.350 e. The van der Waals surface area contributed by atoms with Gasteiger partial charge in [0.15, 0.2) is 6.29 Å². The highest BCUT2D eigenvalue weighted by molar-refractivity contribution is 7.88. The molecule has 1 aliphatic rings. The Morgan fingerprint density at radius 2 is 1.97 bits per heavy atom. The molecule has 1 aliphatic heterocycles. The van der Waals surface area contributed by atoms with Gasteiger partial charge < -0.3 is 4.74 Å². The zero-order valence-corrected chi connectivity index (χ0v) is 23.7. The van der Waals surface area contributed by atoms with Crippen molar-refractivity contribution in [2.45, 2.75) is 77.5 Å². The molecule has 2 atom stereocenters. The lowest BCUT2D eigenvalue weighted by Crippen LogP contribution is -2.59. The quantitative estimate of drug-likeness (QED) is 0.186. The first-order valence-corrected chi connectivity index (χ1v) is 15.2. The second-order valence-corrected chi connectivity index (χ2v) is 11.7. The molecule has 2 amide bonds. The van der Waals surface area contributed by atoms with Gasteiger partial charge in [-0.3, -0.25) is 9.59 Å². The molecule has 212 valence electrons. The molecule has 1 saturated heterocycles. The van der Waals surface area contributed by atoms with Gasteiger partial charge in [-0.25, -0.2) is 23.7 Å². The lowest BCUT2D eigenvalue weighted by atomic mass is 10.1. The third-order valence-electron chi connectivity index (χ3n) is 6.07. The highest BCUT2D eigenvalue weighted by Gasteiger charge is 2.38. The third-order valence-corrected chi connectivity index (χ3v) is 7.19. The van der Waals surface area contributed by atoms with Crippen molar-refractivity contribution in [3.05, 3.63) is 54.6 Å². The number of nitrogens with zero attached hydrogens (tertiary/aromatic N) is 2. The molecule has 10 heteroatoms. The molecule has 0 spiro atoms. The Morgan fingerprint density at radius 3 is 2.58 bits per heavy atom. The highest BCUT2D eigenvalue weighted by atomic mass is 32.2. The van der Waals surface area contributed by atoms with E-state index in [1.54, 1.807) is 12.2 Å². The molecule has 38 heavy (non-hydrogen) atoms. The average Bonchev–Trinajstić information content (AvgIpc) is 2.89. The summed E-state index contributed by atoms with van der Waals surface area (Å²) in [6.45, 7) is 8.25. The molecule has 2 rings (SSSR count). The van der Waals surface area contributed by atoms with Crippen LogP contribution in [-0.2, 0) is 29.2 Å². The van der Waals surface area contributed by atoms with Gasteiger partial charge in [0.25, 0.3) is 5.91 Å². The number of ether oxygens (including phenoxy) is 1. The summed E-state index contributed by atoms with van der Waals surface area (Å²) in [4.78, 5) is 32.6. The fraction of sp³-hybridized carbons (Fsp3) is 0.571. The first-order valence-electron chi connectivity index (χ1n) is 13.3. The van der Waals surface area contributed by atoms with E-state index < -0.39 is 34.2 Å². The number of sulfonamides is 1. The zero-order valence-electron chi connectivity index (χ0n) is 22.9. The van der Waals surface area contributed by atoms with Crippen LogP contribution in [0.15, 0.2) is 49.1 Å². The number of carbonyl (C=O) groups excluding carboxylic acids is 2. The summed E-state index contributed by atoms with van der Waals surface area (Å²) in [5.41, 5.74) is 3.36. The van der Waals surface area contributed by atoms with E-state index in [1.807, 2.05) is 50.3 Å². The van der Waals surface area contributed by atoms with Crippen LogP contribution in [0.25, 0.3) is 6.08 Å². The van der Waals surface area contributed by atoms with Gasteiger partial charge in [0.2, 0.25) is 15.9 Å². The lowest BCUT2D eigenvalue weighted by molar-refractivity contribution is -0.204. The largest absolute Gasteiger partial charge is 0.350 e. The first-order chi connectivity index (χ1) is 18.1. The summed E-state index contributed by atoms with van der Waals surface area (Å²) in [5, 5.41) is 1.11. The number of unbranched alkanes of at least 4 members (excludes halogenated alkanes) is 1. The minimum absolute atomic E-state index is 0.0387. The molecule has 1 N–H and O–H groups in total. The van der Waals surface area contributed by atoms with Gasteiger partial charge in [-0.2, -0.15) is 0 Å².